The van der Waals surface area contributed by atoms with Crippen LogP contribution in [-0.4, -0.2) is 38.8 Å². The predicted molar refractivity (Wildman–Crippen MR) is 111 cm³/mol. The molecule has 0 heterocycles. The molecule has 0 spiro atoms. The average molecular weight is 395 g/mol. The van der Waals surface area contributed by atoms with Crippen molar-refractivity contribution in [2.75, 3.05) is 0 Å². The number of aliphatic hydroxyl groups excluding tert-OH is 1. The Balaban J connectivity index is 2.42. The van der Waals surface area contributed by atoms with Gasteiger partial charge in [-0.3, -0.25) is 4.79 Å². The number of aliphatic carboxylic acids is 1. The van der Waals surface area contributed by atoms with Crippen molar-refractivity contribution >= 4 is 11.8 Å². The van der Waals surface area contributed by atoms with E-state index in [2.05, 4.69) is 19.6 Å². The van der Waals surface area contributed by atoms with Gasteiger partial charge in [0, 0.05) is 12.3 Å². The minimum absolute atomic E-state index is 0.0255. The molecule has 1 aliphatic rings. The van der Waals surface area contributed by atoms with Crippen LogP contribution in [0.4, 0.5) is 0 Å². The summed E-state index contributed by atoms with van der Waals surface area (Å²) < 4.78 is 0. The van der Waals surface area contributed by atoms with Crippen LogP contribution in [0.25, 0.3) is 0 Å². The second-order valence-corrected chi connectivity index (χ2v) is 8.16. The van der Waals surface area contributed by atoms with E-state index in [9.17, 15) is 19.8 Å². The van der Waals surface area contributed by atoms with Crippen molar-refractivity contribution in [1.82, 2.24) is 0 Å². The van der Waals surface area contributed by atoms with Crippen molar-refractivity contribution in [2.45, 2.75) is 95.7 Å². The van der Waals surface area contributed by atoms with Crippen molar-refractivity contribution in [2.24, 2.45) is 11.8 Å². The molecule has 1 rings (SSSR count). The van der Waals surface area contributed by atoms with Gasteiger partial charge in [-0.25, -0.2) is 4.79 Å². The Morgan fingerprint density at radius 3 is 2.68 bits per heavy atom. The Kier molecular flexibility index (Phi) is 11.3. The maximum absolute atomic E-state index is 12.2. The minimum Gasteiger partial charge on any atom is -0.479 e. The molecule has 0 aromatic heterocycles. The van der Waals surface area contributed by atoms with Gasteiger partial charge in [-0.1, -0.05) is 63.7 Å². The van der Waals surface area contributed by atoms with Crippen molar-refractivity contribution in [3.05, 3.63) is 24.8 Å². The molecule has 1 fully saturated rings. The molecular weight excluding hydrogens is 356 g/mol. The van der Waals surface area contributed by atoms with E-state index in [1.807, 2.05) is 6.08 Å². The summed E-state index contributed by atoms with van der Waals surface area (Å²) in [6.45, 7) is 5.91. The normalized spacial score (nSPS) is 23.0. The number of carbonyl (C=O) groups excluding carboxylic acids is 1. The van der Waals surface area contributed by atoms with E-state index in [0.717, 1.165) is 44.9 Å². The maximum Gasteiger partial charge on any atom is 0.332 e. The lowest BCUT2D eigenvalue weighted by Crippen LogP contribution is -2.24. The van der Waals surface area contributed by atoms with Crippen LogP contribution in [0.1, 0.15) is 84.0 Å². The van der Waals surface area contributed by atoms with Crippen LogP contribution in [0.15, 0.2) is 24.8 Å². The van der Waals surface area contributed by atoms with Gasteiger partial charge in [0.05, 0.1) is 5.60 Å². The number of aliphatic hydroxyl groups is 2. The van der Waals surface area contributed by atoms with Gasteiger partial charge >= 0.3 is 5.97 Å². The molecule has 4 atom stereocenters. The van der Waals surface area contributed by atoms with Crippen LogP contribution in [0.2, 0.25) is 0 Å². The Morgan fingerprint density at radius 2 is 2.04 bits per heavy atom. The van der Waals surface area contributed by atoms with Crippen LogP contribution < -0.4 is 0 Å². The Hall–Kier alpha value is -1.46. The summed E-state index contributed by atoms with van der Waals surface area (Å²) in [6.07, 6.45) is 13.8. The first kappa shape index (κ1) is 24.6. The fraction of sp³-hybridized carbons (Fsp3) is 0.739. The van der Waals surface area contributed by atoms with E-state index in [1.54, 1.807) is 6.08 Å². The number of rotatable bonds is 15. The Morgan fingerprint density at radius 1 is 1.29 bits per heavy atom. The molecule has 0 saturated heterocycles. The third-order valence-corrected chi connectivity index (χ3v) is 5.88. The highest BCUT2D eigenvalue weighted by atomic mass is 16.4. The summed E-state index contributed by atoms with van der Waals surface area (Å²) in [5, 5.41) is 28.6. The zero-order chi connectivity index (χ0) is 21.0. The smallest absolute Gasteiger partial charge is 0.332 e. The SMILES string of the molecule is C=CC(O)(CC=C[C@H]1CCC(=O)[C@@H]1CCCCCC(O)C(=O)O)CCCCC. The first-order valence-corrected chi connectivity index (χ1v) is 10.8. The molecule has 0 aliphatic heterocycles. The molecule has 0 bridgehead atoms. The third-order valence-electron chi connectivity index (χ3n) is 5.88. The quantitative estimate of drug-likeness (QED) is 0.282. The lowest BCUT2D eigenvalue weighted by molar-refractivity contribution is -0.147. The monoisotopic (exact) mass is 394 g/mol. The van der Waals surface area contributed by atoms with E-state index in [0.29, 0.717) is 31.5 Å². The zero-order valence-electron chi connectivity index (χ0n) is 17.3. The van der Waals surface area contributed by atoms with E-state index in [1.165, 1.54) is 0 Å². The molecule has 1 saturated carbocycles. The van der Waals surface area contributed by atoms with Gasteiger partial charge in [-0.15, -0.1) is 6.58 Å². The number of Topliss-reactive ketones (excluding diaryl/α,β-unsaturated/α-hetero) is 1. The summed E-state index contributed by atoms with van der Waals surface area (Å²) in [5.41, 5.74) is -0.866. The first-order chi connectivity index (χ1) is 13.3. The summed E-state index contributed by atoms with van der Waals surface area (Å²) in [5.74, 6) is -0.619. The fourth-order valence-electron chi connectivity index (χ4n) is 3.96. The highest BCUT2D eigenvalue weighted by Crippen LogP contribution is 2.34. The largest absolute Gasteiger partial charge is 0.479 e. The molecule has 5 nitrogen and oxygen atoms in total. The predicted octanol–water partition coefficient (Wildman–Crippen LogP) is 4.42. The number of allylic oxidation sites excluding steroid dienone is 1. The molecule has 3 N–H and O–H groups in total. The van der Waals surface area contributed by atoms with Gasteiger partial charge in [0.1, 0.15) is 5.78 Å². The Bertz CT molecular complexity index is 527. The van der Waals surface area contributed by atoms with Gasteiger partial charge in [0.15, 0.2) is 6.10 Å². The molecule has 0 radical (unpaired) electrons. The standard InChI is InChI=1S/C23H38O5/c1-3-5-9-16-23(28,4-2)17-10-11-18-14-15-20(24)19(18)12-7-6-8-13-21(25)22(26)27/h4,10-11,18-19,21,25,28H,2-3,5-9,12-17H2,1H3,(H,26,27)/t18-,19+,21?,23?/m0/s1. The summed E-state index contributed by atoms with van der Waals surface area (Å²) in [7, 11) is 0. The summed E-state index contributed by atoms with van der Waals surface area (Å²) in [6, 6.07) is 0. The van der Waals surface area contributed by atoms with Gasteiger partial charge < -0.3 is 15.3 Å². The highest BCUT2D eigenvalue weighted by molar-refractivity contribution is 5.83. The van der Waals surface area contributed by atoms with Crippen molar-refractivity contribution in [3.63, 3.8) is 0 Å². The van der Waals surface area contributed by atoms with Gasteiger partial charge in [0.2, 0.25) is 0 Å². The number of carbonyl (C=O) groups is 2. The van der Waals surface area contributed by atoms with Crippen LogP contribution in [0.3, 0.4) is 0 Å². The number of hydrogen-bond acceptors (Lipinski definition) is 4. The van der Waals surface area contributed by atoms with Gasteiger partial charge in [-0.05, 0) is 38.0 Å². The molecule has 2 unspecified atom stereocenters. The lowest BCUT2D eigenvalue weighted by Gasteiger charge is -2.23. The maximum atomic E-state index is 12.2. The minimum atomic E-state index is -1.29. The van der Waals surface area contributed by atoms with Crippen LogP contribution in [0, 0.1) is 11.8 Å². The van der Waals surface area contributed by atoms with Gasteiger partial charge in [0.25, 0.3) is 0 Å². The molecular formula is C23H38O5. The zero-order valence-corrected chi connectivity index (χ0v) is 17.3. The van der Waals surface area contributed by atoms with Crippen LogP contribution in [0.5, 0.6) is 0 Å². The summed E-state index contributed by atoms with van der Waals surface area (Å²) in [4.78, 5) is 22.8. The van der Waals surface area contributed by atoms with Crippen molar-refractivity contribution in [1.29, 1.82) is 0 Å². The second-order valence-electron chi connectivity index (χ2n) is 8.16. The van der Waals surface area contributed by atoms with E-state index in [-0.39, 0.29) is 18.3 Å². The van der Waals surface area contributed by atoms with E-state index >= 15 is 0 Å². The average Bonchev–Trinajstić information content (AvgIpc) is 3.01. The molecule has 0 aromatic rings. The topological polar surface area (TPSA) is 94.8 Å². The Labute approximate surface area is 169 Å². The number of hydrogen-bond donors (Lipinski definition) is 3. The highest BCUT2D eigenvalue weighted by Gasteiger charge is 2.32. The fourth-order valence-corrected chi connectivity index (χ4v) is 3.96. The van der Waals surface area contributed by atoms with Gasteiger partial charge in [-0.2, -0.15) is 0 Å². The van der Waals surface area contributed by atoms with E-state index in [4.69, 9.17) is 5.11 Å². The number of carboxylic acids is 1. The third kappa shape index (κ3) is 8.70. The molecule has 1 aliphatic carbocycles. The second kappa shape index (κ2) is 12.9. The summed E-state index contributed by atoms with van der Waals surface area (Å²) >= 11 is 0. The molecule has 5 heteroatoms. The van der Waals surface area contributed by atoms with Crippen molar-refractivity contribution in [3.8, 4) is 0 Å². The first-order valence-electron chi connectivity index (χ1n) is 10.8. The number of ketones is 1. The molecule has 28 heavy (non-hydrogen) atoms. The van der Waals surface area contributed by atoms with Crippen LogP contribution >= 0.6 is 0 Å². The molecule has 0 amide bonds. The van der Waals surface area contributed by atoms with Crippen molar-refractivity contribution < 1.29 is 24.9 Å². The number of unbranched alkanes of at least 4 members (excludes halogenated alkanes) is 4. The number of carboxylic acid groups (broad SMARTS) is 1. The molecule has 160 valence electrons. The van der Waals surface area contributed by atoms with E-state index < -0.39 is 17.7 Å². The lowest BCUT2D eigenvalue weighted by atomic mass is 9.88. The molecule has 0 aromatic carbocycles. The van der Waals surface area contributed by atoms with Crippen LogP contribution in [-0.2, 0) is 9.59 Å².